The van der Waals surface area contributed by atoms with Gasteiger partial charge in [-0.1, -0.05) is 0 Å². The number of nitrogens with two attached hydrogens (primary N) is 1. The SMILES string of the molecule is COc1cc(N)cc(N2CCN(CC(C)(C)O)CC2)c1. The van der Waals surface area contributed by atoms with Crippen LogP contribution in [0.2, 0.25) is 0 Å². The fraction of sp³-hybridized carbons (Fsp3) is 0.600. The lowest BCUT2D eigenvalue weighted by Gasteiger charge is -2.38. The molecule has 0 aliphatic carbocycles. The van der Waals surface area contributed by atoms with Crippen molar-refractivity contribution in [3.8, 4) is 5.75 Å². The van der Waals surface area contributed by atoms with Crippen molar-refractivity contribution in [1.82, 2.24) is 4.90 Å². The second-order valence-corrected chi connectivity index (χ2v) is 6.04. The summed E-state index contributed by atoms with van der Waals surface area (Å²) in [5.74, 6) is 0.791. The fourth-order valence-electron chi connectivity index (χ4n) is 2.62. The molecule has 5 heteroatoms. The van der Waals surface area contributed by atoms with Crippen LogP contribution in [0.3, 0.4) is 0 Å². The Hall–Kier alpha value is -1.46. The highest BCUT2D eigenvalue weighted by molar-refractivity contribution is 5.60. The molecular weight excluding hydrogens is 254 g/mol. The van der Waals surface area contributed by atoms with Crippen LogP contribution in [0.4, 0.5) is 11.4 Å². The molecule has 1 aliphatic heterocycles. The van der Waals surface area contributed by atoms with Crippen LogP contribution in [0.15, 0.2) is 18.2 Å². The highest BCUT2D eigenvalue weighted by atomic mass is 16.5. The van der Waals surface area contributed by atoms with E-state index in [9.17, 15) is 5.11 Å². The van der Waals surface area contributed by atoms with E-state index in [2.05, 4.69) is 9.80 Å². The molecule has 5 nitrogen and oxygen atoms in total. The van der Waals surface area contributed by atoms with Gasteiger partial charge in [0.15, 0.2) is 0 Å². The molecule has 1 heterocycles. The number of β-amino-alcohol motifs (C(OH)–C–C–N with tert-alkyl or cyclic N) is 1. The van der Waals surface area contributed by atoms with Crippen molar-refractivity contribution in [2.45, 2.75) is 19.4 Å². The summed E-state index contributed by atoms with van der Waals surface area (Å²) in [5.41, 5.74) is 7.09. The summed E-state index contributed by atoms with van der Waals surface area (Å²) in [4.78, 5) is 4.60. The molecule has 1 aromatic rings. The van der Waals surface area contributed by atoms with Gasteiger partial charge in [0, 0.05) is 56.2 Å². The summed E-state index contributed by atoms with van der Waals surface area (Å²) < 4.78 is 5.26. The highest BCUT2D eigenvalue weighted by Gasteiger charge is 2.23. The summed E-state index contributed by atoms with van der Waals surface area (Å²) in [7, 11) is 1.65. The van der Waals surface area contributed by atoms with Gasteiger partial charge in [0.1, 0.15) is 5.75 Å². The van der Waals surface area contributed by atoms with Crippen molar-refractivity contribution in [1.29, 1.82) is 0 Å². The molecule has 0 aromatic heterocycles. The van der Waals surface area contributed by atoms with Crippen molar-refractivity contribution < 1.29 is 9.84 Å². The largest absolute Gasteiger partial charge is 0.497 e. The summed E-state index contributed by atoms with van der Waals surface area (Å²) in [6, 6.07) is 5.82. The number of benzene rings is 1. The van der Waals surface area contributed by atoms with E-state index >= 15 is 0 Å². The lowest BCUT2D eigenvalue weighted by Crippen LogP contribution is -2.50. The van der Waals surface area contributed by atoms with Crippen molar-refractivity contribution >= 4 is 11.4 Å². The van der Waals surface area contributed by atoms with Gasteiger partial charge >= 0.3 is 0 Å². The van der Waals surface area contributed by atoms with E-state index in [1.165, 1.54) is 0 Å². The van der Waals surface area contributed by atoms with Crippen LogP contribution in [0.5, 0.6) is 5.75 Å². The van der Waals surface area contributed by atoms with Crippen molar-refractivity contribution in [2.24, 2.45) is 0 Å². The summed E-state index contributed by atoms with van der Waals surface area (Å²) >= 11 is 0. The van der Waals surface area contributed by atoms with Crippen molar-refractivity contribution in [3.05, 3.63) is 18.2 Å². The van der Waals surface area contributed by atoms with Crippen molar-refractivity contribution in [3.63, 3.8) is 0 Å². The maximum Gasteiger partial charge on any atom is 0.122 e. The number of methoxy groups -OCH3 is 1. The maximum atomic E-state index is 9.87. The zero-order chi connectivity index (χ0) is 14.8. The smallest absolute Gasteiger partial charge is 0.122 e. The van der Waals surface area contributed by atoms with Crippen LogP contribution in [-0.4, -0.2) is 55.4 Å². The Bertz CT molecular complexity index is 449. The molecule has 0 bridgehead atoms. The Kier molecular flexibility index (Phi) is 4.40. The predicted molar refractivity (Wildman–Crippen MR) is 82.4 cm³/mol. The number of hydrogen-bond donors (Lipinski definition) is 2. The molecule has 1 saturated heterocycles. The molecule has 2 rings (SSSR count). The average Bonchev–Trinajstić information content (AvgIpc) is 2.37. The Morgan fingerprint density at radius 1 is 1.20 bits per heavy atom. The highest BCUT2D eigenvalue weighted by Crippen LogP contribution is 2.26. The van der Waals surface area contributed by atoms with Gasteiger partial charge in [-0.3, -0.25) is 4.90 Å². The molecule has 1 aromatic carbocycles. The number of anilines is 2. The first-order valence-electron chi connectivity index (χ1n) is 7.02. The minimum absolute atomic E-state index is 0.636. The van der Waals surface area contributed by atoms with Gasteiger partial charge in [0.2, 0.25) is 0 Å². The van der Waals surface area contributed by atoms with Gasteiger partial charge in [-0.25, -0.2) is 0 Å². The van der Waals surface area contributed by atoms with Gasteiger partial charge in [0.25, 0.3) is 0 Å². The van der Waals surface area contributed by atoms with E-state index in [4.69, 9.17) is 10.5 Å². The Balaban J connectivity index is 1.98. The van der Waals surface area contributed by atoms with E-state index < -0.39 is 5.60 Å². The maximum absolute atomic E-state index is 9.87. The first kappa shape index (κ1) is 14.9. The number of piperazine rings is 1. The topological polar surface area (TPSA) is 62.0 Å². The third kappa shape index (κ3) is 4.02. The normalized spacial score (nSPS) is 17.3. The van der Waals surface area contributed by atoms with E-state index in [0.29, 0.717) is 6.54 Å². The van der Waals surface area contributed by atoms with Gasteiger partial charge < -0.3 is 20.5 Å². The first-order chi connectivity index (χ1) is 9.37. The summed E-state index contributed by atoms with van der Waals surface area (Å²) in [6.07, 6.45) is 0. The van der Waals surface area contributed by atoms with Crippen LogP contribution < -0.4 is 15.4 Å². The standard InChI is InChI=1S/C15H25N3O2/c1-15(2,19)11-17-4-6-18(7-5-17)13-8-12(16)9-14(10-13)20-3/h8-10,19H,4-7,11,16H2,1-3H3. The average molecular weight is 279 g/mol. The monoisotopic (exact) mass is 279 g/mol. The molecule has 0 spiro atoms. The van der Waals surface area contributed by atoms with Crippen LogP contribution >= 0.6 is 0 Å². The second kappa shape index (κ2) is 5.89. The second-order valence-electron chi connectivity index (χ2n) is 6.04. The van der Waals surface area contributed by atoms with E-state index in [1.54, 1.807) is 7.11 Å². The van der Waals surface area contributed by atoms with Crippen LogP contribution in [-0.2, 0) is 0 Å². The molecular formula is C15H25N3O2. The molecule has 1 fully saturated rings. The molecule has 0 saturated carbocycles. The third-order valence-electron chi connectivity index (χ3n) is 3.50. The zero-order valence-corrected chi connectivity index (χ0v) is 12.6. The number of nitrogen functional groups attached to an aromatic ring is 1. The Morgan fingerprint density at radius 3 is 2.40 bits per heavy atom. The van der Waals surface area contributed by atoms with Crippen molar-refractivity contribution in [2.75, 3.05) is 50.5 Å². The first-order valence-corrected chi connectivity index (χ1v) is 7.02. The number of rotatable bonds is 4. The fourth-order valence-corrected chi connectivity index (χ4v) is 2.62. The van der Waals surface area contributed by atoms with Gasteiger partial charge in [-0.05, 0) is 19.9 Å². The molecule has 0 unspecified atom stereocenters. The lowest BCUT2D eigenvalue weighted by molar-refractivity contribution is 0.0345. The number of nitrogens with zero attached hydrogens (tertiary/aromatic N) is 2. The number of ether oxygens (including phenoxy) is 1. The quantitative estimate of drug-likeness (QED) is 0.810. The Labute approximate surface area is 120 Å². The third-order valence-corrected chi connectivity index (χ3v) is 3.50. The van der Waals surface area contributed by atoms with Crippen LogP contribution in [0.25, 0.3) is 0 Å². The van der Waals surface area contributed by atoms with E-state index in [1.807, 2.05) is 32.0 Å². The van der Waals surface area contributed by atoms with Crippen LogP contribution in [0.1, 0.15) is 13.8 Å². The van der Waals surface area contributed by atoms with E-state index in [0.717, 1.165) is 43.3 Å². The van der Waals surface area contributed by atoms with Gasteiger partial charge in [-0.2, -0.15) is 0 Å². The molecule has 0 amide bonds. The Morgan fingerprint density at radius 2 is 1.85 bits per heavy atom. The molecule has 3 N–H and O–H groups in total. The molecule has 112 valence electrons. The van der Waals surface area contributed by atoms with Gasteiger partial charge in [0.05, 0.1) is 12.7 Å². The summed E-state index contributed by atoms with van der Waals surface area (Å²) in [6.45, 7) is 8.17. The molecule has 0 atom stereocenters. The predicted octanol–water partition coefficient (Wildman–Crippen LogP) is 1.17. The molecule has 0 radical (unpaired) electrons. The minimum atomic E-state index is -0.636. The lowest BCUT2D eigenvalue weighted by atomic mass is 10.1. The molecule has 1 aliphatic rings. The summed E-state index contributed by atoms with van der Waals surface area (Å²) in [5, 5.41) is 9.87. The van der Waals surface area contributed by atoms with Crippen LogP contribution in [0, 0.1) is 0 Å². The number of aliphatic hydroxyl groups is 1. The number of hydrogen-bond acceptors (Lipinski definition) is 5. The minimum Gasteiger partial charge on any atom is -0.497 e. The molecule has 20 heavy (non-hydrogen) atoms. The van der Waals surface area contributed by atoms with Gasteiger partial charge in [-0.15, -0.1) is 0 Å². The van der Waals surface area contributed by atoms with E-state index in [-0.39, 0.29) is 0 Å². The zero-order valence-electron chi connectivity index (χ0n) is 12.6.